The Labute approximate surface area is 112 Å². The van der Waals surface area contributed by atoms with Crippen LogP contribution in [0.3, 0.4) is 0 Å². The minimum Gasteiger partial charge on any atom is -0.483 e. The van der Waals surface area contributed by atoms with Gasteiger partial charge in [0.05, 0.1) is 6.61 Å². The normalized spacial score (nSPS) is 10.4. The second kappa shape index (κ2) is 6.20. The molecule has 0 aliphatic carbocycles. The van der Waals surface area contributed by atoms with Crippen molar-refractivity contribution in [2.24, 2.45) is 0 Å². The van der Waals surface area contributed by atoms with Crippen LogP contribution in [0.25, 0.3) is 10.8 Å². The molecule has 0 aliphatic heterocycles. The van der Waals surface area contributed by atoms with Crippen molar-refractivity contribution in [1.82, 2.24) is 5.32 Å². The van der Waals surface area contributed by atoms with Gasteiger partial charge < -0.3 is 15.2 Å². The van der Waals surface area contributed by atoms with Gasteiger partial charge in [-0.2, -0.15) is 0 Å². The number of carbonyl (C=O) groups excluding carboxylic acids is 1. The van der Waals surface area contributed by atoms with Crippen LogP contribution >= 0.6 is 0 Å². The summed E-state index contributed by atoms with van der Waals surface area (Å²) in [6.07, 6.45) is 0. The van der Waals surface area contributed by atoms with E-state index in [-0.39, 0.29) is 19.1 Å². The molecular weight excluding hydrogens is 242 g/mol. The Bertz CT molecular complexity index is 581. The average molecular weight is 259 g/mol. The maximum absolute atomic E-state index is 11.4. The van der Waals surface area contributed by atoms with Crippen molar-refractivity contribution >= 4 is 16.7 Å². The molecule has 0 saturated heterocycles. The molecule has 0 aliphatic rings. The number of aliphatic hydroxyl groups is 1. The van der Waals surface area contributed by atoms with Gasteiger partial charge in [0, 0.05) is 12.1 Å². The molecule has 4 nitrogen and oxygen atoms in total. The lowest BCUT2D eigenvalue weighted by Crippen LogP contribution is -2.28. The van der Waals surface area contributed by atoms with E-state index < -0.39 is 0 Å². The van der Waals surface area contributed by atoms with Crippen molar-refractivity contribution in [3.63, 3.8) is 0 Å². The number of rotatable bonds is 5. The smallest absolute Gasteiger partial charge is 0.257 e. The highest BCUT2D eigenvalue weighted by Gasteiger charge is 2.09. The molecular formula is C15H17NO3. The van der Waals surface area contributed by atoms with E-state index in [1.807, 2.05) is 37.3 Å². The minimum atomic E-state index is -0.167. The monoisotopic (exact) mass is 259 g/mol. The number of hydrogen-bond acceptors (Lipinski definition) is 3. The molecule has 0 aromatic heterocycles. The molecule has 2 aromatic carbocycles. The van der Waals surface area contributed by atoms with Crippen LogP contribution in [-0.2, 0) is 11.4 Å². The minimum absolute atomic E-state index is 0.0425. The zero-order valence-corrected chi connectivity index (χ0v) is 10.8. The van der Waals surface area contributed by atoms with E-state index in [2.05, 4.69) is 5.32 Å². The number of hydrogen-bond donors (Lipinski definition) is 2. The summed E-state index contributed by atoms with van der Waals surface area (Å²) in [5, 5.41) is 14.2. The van der Waals surface area contributed by atoms with Crippen molar-refractivity contribution in [2.45, 2.75) is 13.5 Å². The van der Waals surface area contributed by atoms with Gasteiger partial charge in [-0.25, -0.2) is 0 Å². The van der Waals surface area contributed by atoms with E-state index in [1.165, 1.54) is 0 Å². The van der Waals surface area contributed by atoms with Crippen LogP contribution in [0.5, 0.6) is 5.75 Å². The number of benzene rings is 2. The molecule has 0 unspecified atom stereocenters. The van der Waals surface area contributed by atoms with Gasteiger partial charge in [0.25, 0.3) is 5.91 Å². The van der Waals surface area contributed by atoms with E-state index in [0.717, 1.165) is 10.8 Å². The van der Waals surface area contributed by atoms with Gasteiger partial charge in [0.15, 0.2) is 6.61 Å². The quantitative estimate of drug-likeness (QED) is 0.861. The molecule has 1 amide bonds. The summed E-state index contributed by atoms with van der Waals surface area (Å²) in [6.45, 7) is 2.27. The van der Waals surface area contributed by atoms with Crippen LogP contribution in [0.2, 0.25) is 0 Å². The van der Waals surface area contributed by atoms with Crippen molar-refractivity contribution in [3.8, 4) is 5.75 Å². The lowest BCUT2D eigenvalue weighted by Gasteiger charge is -2.12. The van der Waals surface area contributed by atoms with Crippen LogP contribution in [0, 0.1) is 0 Å². The molecule has 100 valence electrons. The van der Waals surface area contributed by atoms with Gasteiger partial charge in [0.2, 0.25) is 0 Å². The Morgan fingerprint density at radius 2 is 2.05 bits per heavy atom. The lowest BCUT2D eigenvalue weighted by atomic mass is 10.0. The van der Waals surface area contributed by atoms with Crippen LogP contribution in [0.1, 0.15) is 12.5 Å². The highest BCUT2D eigenvalue weighted by molar-refractivity contribution is 5.87. The van der Waals surface area contributed by atoms with Crippen LogP contribution in [0.4, 0.5) is 0 Å². The molecule has 2 rings (SSSR count). The van der Waals surface area contributed by atoms with Crippen LogP contribution in [-0.4, -0.2) is 24.2 Å². The van der Waals surface area contributed by atoms with E-state index in [0.29, 0.717) is 17.9 Å². The van der Waals surface area contributed by atoms with Gasteiger partial charge in [-0.3, -0.25) is 4.79 Å². The number of amides is 1. The molecule has 2 N–H and O–H groups in total. The predicted octanol–water partition coefficient (Wildman–Crippen LogP) is 1.85. The third kappa shape index (κ3) is 3.03. The third-order valence-corrected chi connectivity index (χ3v) is 2.89. The Hall–Kier alpha value is -2.07. The third-order valence-electron chi connectivity index (χ3n) is 2.89. The number of fused-ring (bicyclic) bond motifs is 1. The molecule has 4 heteroatoms. The summed E-state index contributed by atoms with van der Waals surface area (Å²) < 4.78 is 5.48. The van der Waals surface area contributed by atoms with Crippen molar-refractivity contribution in [2.75, 3.05) is 13.2 Å². The number of aliphatic hydroxyl groups excluding tert-OH is 1. The van der Waals surface area contributed by atoms with E-state index >= 15 is 0 Å². The zero-order valence-electron chi connectivity index (χ0n) is 10.8. The fourth-order valence-electron chi connectivity index (χ4n) is 2.01. The summed E-state index contributed by atoms with van der Waals surface area (Å²) in [4.78, 5) is 11.4. The molecule has 19 heavy (non-hydrogen) atoms. The SMILES string of the molecule is CCNC(=O)COc1ccc2ccccc2c1CO. The largest absolute Gasteiger partial charge is 0.483 e. The van der Waals surface area contributed by atoms with Gasteiger partial charge in [-0.05, 0) is 23.8 Å². The molecule has 0 atom stereocenters. The topological polar surface area (TPSA) is 58.6 Å². The summed E-state index contributed by atoms with van der Waals surface area (Å²) in [5.74, 6) is 0.381. The van der Waals surface area contributed by atoms with Gasteiger partial charge >= 0.3 is 0 Å². The molecule has 0 bridgehead atoms. The van der Waals surface area contributed by atoms with Gasteiger partial charge in [-0.1, -0.05) is 30.3 Å². The Morgan fingerprint density at radius 1 is 1.26 bits per heavy atom. The molecule has 0 fully saturated rings. The number of carbonyl (C=O) groups is 1. The Morgan fingerprint density at radius 3 is 2.79 bits per heavy atom. The predicted molar refractivity (Wildman–Crippen MR) is 74.0 cm³/mol. The second-order valence-corrected chi connectivity index (χ2v) is 4.16. The molecule has 0 saturated carbocycles. The van der Waals surface area contributed by atoms with Crippen molar-refractivity contribution < 1.29 is 14.6 Å². The van der Waals surface area contributed by atoms with Gasteiger partial charge in [-0.15, -0.1) is 0 Å². The number of nitrogens with one attached hydrogen (secondary N) is 1. The highest BCUT2D eigenvalue weighted by Crippen LogP contribution is 2.27. The summed E-state index contributed by atoms with van der Waals surface area (Å²) in [6, 6.07) is 11.5. The van der Waals surface area contributed by atoms with Crippen LogP contribution < -0.4 is 10.1 Å². The first kappa shape index (κ1) is 13.4. The standard InChI is InChI=1S/C15H17NO3/c1-2-16-15(18)10-19-14-8-7-11-5-3-4-6-12(11)13(14)9-17/h3-8,17H,2,9-10H2,1H3,(H,16,18). The van der Waals surface area contributed by atoms with Gasteiger partial charge in [0.1, 0.15) is 5.75 Å². The average Bonchev–Trinajstić information content (AvgIpc) is 2.44. The Kier molecular flexibility index (Phi) is 4.36. The van der Waals surface area contributed by atoms with E-state index in [9.17, 15) is 9.90 Å². The molecule has 0 radical (unpaired) electrons. The molecule has 0 heterocycles. The molecule has 0 spiro atoms. The van der Waals surface area contributed by atoms with Crippen molar-refractivity contribution in [3.05, 3.63) is 42.0 Å². The summed E-state index contributed by atoms with van der Waals surface area (Å²) >= 11 is 0. The first-order valence-corrected chi connectivity index (χ1v) is 6.27. The first-order chi connectivity index (χ1) is 9.26. The maximum atomic E-state index is 11.4. The summed E-state index contributed by atoms with van der Waals surface area (Å²) in [5.41, 5.74) is 0.711. The lowest BCUT2D eigenvalue weighted by molar-refractivity contribution is -0.123. The van der Waals surface area contributed by atoms with E-state index in [1.54, 1.807) is 6.07 Å². The Balaban J connectivity index is 2.25. The van der Waals surface area contributed by atoms with Crippen molar-refractivity contribution in [1.29, 1.82) is 0 Å². The van der Waals surface area contributed by atoms with E-state index in [4.69, 9.17) is 4.74 Å². The molecule has 2 aromatic rings. The fraction of sp³-hybridized carbons (Fsp3) is 0.267. The second-order valence-electron chi connectivity index (χ2n) is 4.16. The summed E-state index contributed by atoms with van der Waals surface area (Å²) in [7, 11) is 0. The fourth-order valence-corrected chi connectivity index (χ4v) is 2.01. The number of ether oxygens (including phenoxy) is 1. The number of likely N-dealkylation sites (N-methyl/N-ethyl adjacent to an activating group) is 1. The maximum Gasteiger partial charge on any atom is 0.257 e. The first-order valence-electron chi connectivity index (χ1n) is 6.27. The van der Waals surface area contributed by atoms with Crippen LogP contribution in [0.15, 0.2) is 36.4 Å². The highest BCUT2D eigenvalue weighted by atomic mass is 16.5. The zero-order chi connectivity index (χ0) is 13.7.